The third-order valence-electron chi connectivity index (χ3n) is 4.57. The van der Waals surface area contributed by atoms with Crippen molar-refractivity contribution in [3.63, 3.8) is 0 Å². The van der Waals surface area contributed by atoms with Crippen molar-refractivity contribution >= 4 is 49.0 Å². The van der Waals surface area contributed by atoms with Crippen LogP contribution in [0.2, 0.25) is 0 Å². The van der Waals surface area contributed by atoms with E-state index in [1.807, 2.05) is 25.1 Å². The summed E-state index contributed by atoms with van der Waals surface area (Å²) in [5.41, 5.74) is 3.42. The van der Waals surface area contributed by atoms with E-state index >= 15 is 8.63 Å². The Morgan fingerprint density at radius 1 is 1.12 bits per heavy atom. The van der Waals surface area contributed by atoms with Gasteiger partial charge in [-0.25, -0.2) is 0 Å². The predicted octanol–water partition coefficient (Wildman–Crippen LogP) is 4.94. The van der Waals surface area contributed by atoms with Gasteiger partial charge in [-0.15, -0.1) is 0 Å². The third kappa shape index (κ3) is 2.23. The van der Waals surface area contributed by atoms with Crippen LogP contribution in [0.1, 0.15) is 16.8 Å². The van der Waals surface area contributed by atoms with Gasteiger partial charge < -0.3 is 22.3 Å². The lowest BCUT2D eigenvalue weighted by Gasteiger charge is -2.32. The van der Waals surface area contributed by atoms with E-state index < -0.39 is 6.97 Å². The van der Waals surface area contributed by atoms with Crippen molar-refractivity contribution in [1.29, 1.82) is 0 Å². The molecule has 4 rings (SSSR count). The van der Waals surface area contributed by atoms with Gasteiger partial charge in [0.2, 0.25) is 4.62 Å². The number of benzene rings is 1. The van der Waals surface area contributed by atoms with E-state index in [1.165, 1.54) is 0 Å². The van der Waals surface area contributed by atoms with E-state index in [-0.39, 0.29) is 0 Å². The first-order valence-corrected chi connectivity index (χ1v) is 9.24. The molecule has 1 aromatic carbocycles. The average Bonchev–Trinajstić information content (AvgIpc) is 3.13. The minimum Gasteiger partial charge on any atom is -0.496 e. The average molecular weight is 470 g/mol. The molecule has 2 aromatic rings. The van der Waals surface area contributed by atoms with Gasteiger partial charge in [-0.05, 0) is 46.6 Å². The number of fused-ring (bicyclic) bond motifs is 2. The highest BCUT2D eigenvalue weighted by molar-refractivity contribution is 9.18. The largest absolute Gasteiger partial charge is 0.738 e. The molecule has 0 fully saturated rings. The van der Waals surface area contributed by atoms with Crippen LogP contribution in [-0.4, -0.2) is 27.7 Å². The molecule has 0 unspecified atom stereocenters. The first-order chi connectivity index (χ1) is 11.9. The number of nitrogens with zero attached hydrogens (tertiary/aromatic N) is 2. The Labute approximate surface area is 160 Å². The van der Waals surface area contributed by atoms with Crippen molar-refractivity contribution in [2.75, 3.05) is 7.11 Å². The molecule has 128 valence electrons. The SMILES string of the molecule is COc1cccc(C)c1C1=C2C=CC(Br)=[N+]2[B-](F)(F)n2c(Br)ccc21. The summed E-state index contributed by atoms with van der Waals surface area (Å²) in [5.74, 6) is 0.653. The highest BCUT2D eigenvalue weighted by atomic mass is 79.9. The second-order valence-corrected chi connectivity index (χ2v) is 7.56. The topological polar surface area (TPSA) is 17.2 Å². The summed E-state index contributed by atoms with van der Waals surface area (Å²) in [5, 5.41) is 0. The maximum atomic E-state index is 15.2. The third-order valence-corrected chi connectivity index (χ3v) is 5.87. The summed E-state index contributed by atoms with van der Waals surface area (Å²) in [6.45, 7) is -2.06. The van der Waals surface area contributed by atoms with Crippen LogP contribution in [0, 0.1) is 6.92 Å². The second-order valence-electron chi connectivity index (χ2n) is 5.94. The predicted molar refractivity (Wildman–Crippen MR) is 103 cm³/mol. The summed E-state index contributed by atoms with van der Waals surface area (Å²) in [6, 6.07) is 9.05. The molecule has 25 heavy (non-hydrogen) atoms. The van der Waals surface area contributed by atoms with Crippen molar-refractivity contribution < 1.29 is 17.9 Å². The fraction of sp³-hybridized carbons (Fsp3) is 0.118. The molecule has 0 saturated carbocycles. The monoisotopic (exact) mass is 468 g/mol. The van der Waals surface area contributed by atoms with Crippen molar-refractivity contribution in [2.45, 2.75) is 6.92 Å². The highest BCUT2D eigenvalue weighted by Gasteiger charge is 2.54. The fourth-order valence-electron chi connectivity index (χ4n) is 3.52. The van der Waals surface area contributed by atoms with Gasteiger partial charge in [0, 0.05) is 39.3 Å². The summed E-state index contributed by atoms with van der Waals surface area (Å²) in [4.78, 5) is 0. The molecular formula is C17H13BBr2F2N2O. The van der Waals surface area contributed by atoms with Gasteiger partial charge in [-0.3, -0.25) is 0 Å². The molecule has 8 heteroatoms. The first kappa shape index (κ1) is 16.8. The van der Waals surface area contributed by atoms with E-state index in [0.29, 0.717) is 26.4 Å². The Kier molecular flexibility index (Phi) is 3.81. The number of hydrogen-bond donors (Lipinski definition) is 0. The number of rotatable bonds is 2. The van der Waals surface area contributed by atoms with Crippen LogP contribution in [0.5, 0.6) is 5.75 Å². The molecule has 2 aliphatic rings. The Morgan fingerprint density at radius 3 is 2.60 bits per heavy atom. The van der Waals surface area contributed by atoms with E-state index in [1.54, 1.807) is 31.4 Å². The lowest BCUT2D eigenvalue weighted by Crippen LogP contribution is -2.50. The minimum absolute atomic E-state index is 0.337. The van der Waals surface area contributed by atoms with Gasteiger partial charge in [-0.2, -0.15) is 0 Å². The van der Waals surface area contributed by atoms with Gasteiger partial charge in [0.15, 0.2) is 5.70 Å². The van der Waals surface area contributed by atoms with Crippen LogP contribution in [0.4, 0.5) is 8.63 Å². The normalized spacial score (nSPS) is 17.8. The van der Waals surface area contributed by atoms with Crippen LogP contribution in [0.15, 0.2) is 52.8 Å². The Balaban J connectivity index is 2.16. The van der Waals surface area contributed by atoms with Crippen molar-refractivity contribution in [3.8, 4) is 5.75 Å². The quantitative estimate of drug-likeness (QED) is 0.569. The molecule has 3 nitrogen and oxygen atoms in total. The number of aromatic nitrogens is 1. The molecule has 0 N–H and O–H groups in total. The molecular weight excluding hydrogens is 457 g/mol. The molecule has 0 saturated heterocycles. The summed E-state index contributed by atoms with van der Waals surface area (Å²) in [7, 11) is 1.59. The zero-order valence-electron chi connectivity index (χ0n) is 13.4. The maximum Gasteiger partial charge on any atom is 0.738 e. The molecule has 0 bridgehead atoms. The maximum absolute atomic E-state index is 15.2. The van der Waals surface area contributed by atoms with Crippen LogP contribution in [0.25, 0.3) is 5.57 Å². The molecule has 2 aliphatic heterocycles. The molecule has 3 heterocycles. The Bertz CT molecular complexity index is 1010. The van der Waals surface area contributed by atoms with Crippen LogP contribution in [0.3, 0.4) is 0 Å². The molecule has 0 aliphatic carbocycles. The molecule has 0 spiro atoms. The first-order valence-electron chi connectivity index (χ1n) is 7.65. The standard InChI is InChI=1S/C17H13BBr2F2N2O/c1-10-4-3-5-13(25-2)16(10)17-11-6-8-14(19)23(11)18(21,22)24-12(17)7-9-15(24)20/h3-9H,1-2H3. The zero-order chi connectivity index (χ0) is 17.9. The summed E-state index contributed by atoms with van der Waals surface area (Å²) in [6.07, 6.45) is 3.36. The number of hydrogen-bond acceptors (Lipinski definition) is 1. The number of halogens is 4. The van der Waals surface area contributed by atoms with Gasteiger partial charge in [0.1, 0.15) is 5.75 Å². The number of ether oxygens (including phenoxy) is 1. The highest BCUT2D eigenvalue weighted by Crippen LogP contribution is 2.45. The second kappa shape index (κ2) is 5.67. The molecule has 0 atom stereocenters. The summed E-state index contributed by atoms with van der Waals surface area (Å²) < 4.78 is 38.8. The van der Waals surface area contributed by atoms with E-state index in [0.717, 1.165) is 25.7 Å². The lowest BCUT2D eigenvalue weighted by atomic mass is 9.85. The fourth-order valence-corrected chi connectivity index (χ4v) is 4.66. The van der Waals surface area contributed by atoms with E-state index in [9.17, 15) is 0 Å². The number of aryl methyl sites for hydroxylation is 1. The lowest BCUT2D eigenvalue weighted by molar-refractivity contribution is -0.358. The van der Waals surface area contributed by atoms with Crippen molar-refractivity contribution in [1.82, 2.24) is 4.48 Å². The summed E-state index contributed by atoms with van der Waals surface area (Å²) >= 11 is 6.54. The number of methoxy groups -OCH3 is 1. The molecule has 0 amide bonds. The van der Waals surface area contributed by atoms with Crippen LogP contribution in [-0.2, 0) is 0 Å². The van der Waals surface area contributed by atoms with Crippen LogP contribution >= 0.6 is 31.9 Å². The molecule has 1 aromatic heterocycles. The van der Waals surface area contributed by atoms with Gasteiger partial charge >= 0.3 is 6.97 Å². The van der Waals surface area contributed by atoms with Crippen molar-refractivity contribution in [3.05, 3.63) is 69.6 Å². The molecule has 0 radical (unpaired) electrons. The van der Waals surface area contributed by atoms with Gasteiger partial charge in [0.25, 0.3) is 0 Å². The van der Waals surface area contributed by atoms with Crippen LogP contribution < -0.4 is 4.74 Å². The zero-order valence-corrected chi connectivity index (χ0v) is 16.6. The number of allylic oxidation sites excluding steroid dienone is 2. The Hall–Kier alpha value is -1.67. The minimum atomic E-state index is -4.01. The van der Waals surface area contributed by atoms with Gasteiger partial charge in [-0.1, -0.05) is 12.1 Å². The van der Waals surface area contributed by atoms with E-state index in [2.05, 4.69) is 31.9 Å². The van der Waals surface area contributed by atoms with E-state index in [4.69, 9.17) is 4.74 Å². The van der Waals surface area contributed by atoms with Crippen molar-refractivity contribution in [2.24, 2.45) is 0 Å². The smallest absolute Gasteiger partial charge is 0.496 e. The van der Waals surface area contributed by atoms with Gasteiger partial charge in [0.05, 0.1) is 17.3 Å². The Morgan fingerprint density at radius 2 is 1.88 bits per heavy atom.